The highest BCUT2D eigenvalue weighted by Gasteiger charge is 2.18. The fourth-order valence-electron chi connectivity index (χ4n) is 2.07. The SMILES string of the molecule is CCC1=C(C(C)C)C=CC1CC. The lowest BCUT2D eigenvalue weighted by Gasteiger charge is -2.13. The van der Waals surface area contributed by atoms with Crippen LogP contribution in [0.5, 0.6) is 0 Å². The van der Waals surface area contributed by atoms with Crippen LogP contribution in [0.3, 0.4) is 0 Å². The van der Waals surface area contributed by atoms with Crippen molar-refractivity contribution in [1.82, 2.24) is 0 Å². The molecular weight excluding hydrogens is 144 g/mol. The van der Waals surface area contributed by atoms with Gasteiger partial charge in [-0.2, -0.15) is 0 Å². The maximum Gasteiger partial charge on any atom is -0.00169 e. The molecule has 0 aromatic carbocycles. The van der Waals surface area contributed by atoms with E-state index in [1.807, 2.05) is 0 Å². The van der Waals surface area contributed by atoms with Gasteiger partial charge in [0.1, 0.15) is 0 Å². The quantitative estimate of drug-likeness (QED) is 0.592. The Bertz CT molecular complexity index is 206. The monoisotopic (exact) mass is 164 g/mol. The van der Waals surface area contributed by atoms with Gasteiger partial charge in [-0.05, 0) is 30.3 Å². The van der Waals surface area contributed by atoms with Gasteiger partial charge in [0.2, 0.25) is 0 Å². The lowest BCUT2D eigenvalue weighted by molar-refractivity contribution is 0.685. The fourth-order valence-corrected chi connectivity index (χ4v) is 2.07. The van der Waals surface area contributed by atoms with Crippen LogP contribution in [0.15, 0.2) is 23.3 Å². The molecule has 1 rings (SSSR count). The number of rotatable bonds is 3. The molecule has 1 atom stereocenters. The first-order valence-electron chi connectivity index (χ1n) is 5.11. The highest BCUT2D eigenvalue weighted by molar-refractivity contribution is 5.37. The minimum Gasteiger partial charge on any atom is -0.0771 e. The molecule has 0 nitrogen and oxygen atoms in total. The smallest absolute Gasteiger partial charge is 0.00169 e. The van der Waals surface area contributed by atoms with Gasteiger partial charge < -0.3 is 0 Å². The first-order chi connectivity index (χ1) is 5.70. The maximum absolute atomic E-state index is 2.37. The summed E-state index contributed by atoms with van der Waals surface area (Å²) in [4.78, 5) is 0. The molecule has 0 saturated carbocycles. The van der Waals surface area contributed by atoms with Gasteiger partial charge in [-0.15, -0.1) is 0 Å². The van der Waals surface area contributed by atoms with Gasteiger partial charge in [0.05, 0.1) is 0 Å². The van der Waals surface area contributed by atoms with E-state index < -0.39 is 0 Å². The van der Waals surface area contributed by atoms with Crippen LogP contribution in [0.2, 0.25) is 0 Å². The Hall–Kier alpha value is -0.520. The highest BCUT2D eigenvalue weighted by atomic mass is 14.2. The van der Waals surface area contributed by atoms with Crippen LogP contribution in [0.25, 0.3) is 0 Å². The van der Waals surface area contributed by atoms with E-state index in [0.29, 0.717) is 5.92 Å². The Labute approximate surface area is 76.4 Å². The molecular formula is C12H20. The van der Waals surface area contributed by atoms with Crippen LogP contribution in [0.1, 0.15) is 40.5 Å². The normalized spacial score (nSPS) is 22.9. The predicted molar refractivity (Wildman–Crippen MR) is 55.1 cm³/mol. The molecule has 0 aliphatic heterocycles. The second-order valence-electron chi connectivity index (χ2n) is 3.86. The second kappa shape index (κ2) is 3.93. The van der Waals surface area contributed by atoms with Crippen molar-refractivity contribution in [3.05, 3.63) is 23.3 Å². The van der Waals surface area contributed by atoms with Crippen LogP contribution in [-0.2, 0) is 0 Å². The topological polar surface area (TPSA) is 0 Å². The second-order valence-corrected chi connectivity index (χ2v) is 3.86. The van der Waals surface area contributed by atoms with Crippen LogP contribution < -0.4 is 0 Å². The van der Waals surface area contributed by atoms with E-state index in [1.54, 1.807) is 11.1 Å². The molecule has 1 aliphatic rings. The van der Waals surface area contributed by atoms with E-state index in [9.17, 15) is 0 Å². The summed E-state index contributed by atoms with van der Waals surface area (Å²) >= 11 is 0. The first-order valence-corrected chi connectivity index (χ1v) is 5.11. The Morgan fingerprint density at radius 3 is 2.42 bits per heavy atom. The zero-order valence-electron chi connectivity index (χ0n) is 8.72. The summed E-state index contributed by atoms with van der Waals surface area (Å²) in [6.45, 7) is 9.11. The van der Waals surface area contributed by atoms with Gasteiger partial charge in [0, 0.05) is 0 Å². The number of hydrogen-bond acceptors (Lipinski definition) is 0. The molecule has 1 aliphatic carbocycles. The van der Waals surface area contributed by atoms with Gasteiger partial charge in [0.25, 0.3) is 0 Å². The van der Waals surface area contributed by atoms with Crippen molar-refractivity contribution < 1.29 is 0 Å². The van der Waals surface area contributed by atoms with Crippen molar-refractivity contribution in [3.63, 3.8) is 0 Å². The Morgan fingerprint density at radius 2 is 2.00 bits per heavy atom. The molecule has 0 radical (unpaired) electrons. The zero-order chi connectivity index (χ0) is 9.14. The largest absolute Gasteiger partial charge is 0.0771 e. The summed E-state index contributed by atoms with van der Waals surface area (Å²) in [5.41, 5.74) is 3.26. The molecule has 12 heavy (non-hydrogen) atoms. The average Bonchev–Trinajstić information content (AvgIpc) is 2.46. The zero-order valence-corrected chi connectivity index (χ0v) is 8.72. The van der Waals surface area contributed by atoms with Gasteiger partial charge in [0.15, 0.2) is 0 Å². The van der Waals surface area contributed by atoms with E-state index in [4.69, 9.17) is 0 Å². The van der Waals surface area contributed by atoms with E-state index >= 15 is 0 Å². The van der Waals surface area contributed by atoms with Crippen molar-refractivity contribution in [3.8, 4) is 0 Å². The number of hydrogen-bond donors (Lipinski definition) is 0. The third kappa shape index (κ3) is 1.63. The maximum atomic E-state index is 2.37. The third-order valence-corrected chi connectivity index (χ3v) is 2.77. The fraction of sp³-hybridized carbons (Fsp3) is 0.667. The average molecular weight is 164 g/mol. The van der Waals surface area contributed by atoms with Crippen molar-refractivity contribution in [2.45, 2.75) is 40.5 Å². The predicted octanol–water partition coefficient (Wildman–Crippen LogP) is 3.95. The standard InChI is InChI=1S/C12H20/c1-5-10-7-8-12(9(3)4)11(10)6-2/h7-10H,5-6H2,1-4H3. The van der Waals surface area contributed by atoms with E-state index in [-0.39, 0.29) is 0 Å². The first kappa shape index (κ1) is 9.57. The van der Waals surface area contributed by atoms with Gasteiger partial charge >= 0.3 is 0 Å². The summed E-state index contributed by atoms with van der Waals surface area (Å²) in [5, 5.41) is 0. The molecule has 0 N–H and O–H groups in total. The minimum absolute atomic E-state index is 0.702. The van der Waals surface area contributed by atoms with Crippen molar-refractivity contribution in [2.75, 3.05) is 0 Å². The molecule has 0 saturated heterocycles. The van der Waals surface area contributed by atoms with Crippen molar-refractivity contribution in [1.29, 1.82) is 0 Å². The Morgan fingerprint density at radius 1 is 1.33 bits per heavy atom. The van der Waals surface area contributed by atoms with Crippen LogP contribution in [0.4, 0.5) is 0 Å². The molecule has 0 spiro atoms. The summed E-state index contributed by atoms with van der Waals surface area (Å²) < 4.78 is 0. The summed E-state index contributed by atoms with van der Waals surface area (Å²) in [5.74, 6) is 1.44. The number of allylic oxidation sites excluding steroid dienone is 4. The summed E-state index contributed by atoms with van der Waals surface area (Å²) in [6.07, 6.45) is 7.18. The van der Waals surface area contributed by atoms with Crippen molar-refractivity contribution >= 4 is 0 Å². The van der Waals surface area contributed by atoms with Crippen molar-refractivity contribution in [2.24, 2.45) is 11.8 Å². The van der Waals surface area contributed by atoms with E-state index in [0.717, 1.165) is 5.92 Å². The molecule has 0 bridgehead atoms. The molecule has 0 heterocycles. The molecule has 0 aromatic heterocycles. The molecule has 0 aromatic rings. The third-order valence-electron chi connectivity index (χ3n) is 2.77. The van der Waals surface area contributed by atoms with Crippen LogP contribution >= 0.6 is 0 Å². The molecule has 0 fully saturated rings. The summed E-state index contributed by atoms with van der Waals surface area (Å²) in [7, 11) is 0. The lowest BCUT2D eigenvalue weighted by atomic mass is 9.92. The minimum atomic E-state index is 0.702. The lowest BCUT2D eigenvalue weighted by Crippen LogP contribution is -1.99. The van der Waals surface area contributed by atoms with Crippen LogP contribution in [0, 0.1) is 11.8 Å². The molecule has 0 heteroatoms. The molecule has 0 amide bonds. The Kier molecular flexibility index (Phi) is 3.13. The highest BCUT2D eigenvalue weighted by Crippen LogP contribution is 2.33. The molecule has 1 unspecified atom stereocenters. The van der Waals surface area contributed by atoms with E-state index in [2.05, 4.69) is 39.8 Å². The Balaban J connectivity index is 2.86. The van der Waals surface area contributed by atoms with Gasteiger partial charge in [-0.25, -0.2) is 0 Å². The van der Waals surface area contributed by atoms with Gasteiger partial charge in [-0.3, -0.25) is 0 Å². The van der Waals surface area contributed by atoms with E-state index in [1.165, 1.54) is 12.8 Å². The van der Waals surface area contributed by atoms with Gasteiger partial charge in [-0.1, -0.05) is 45.4 Å². The van der Waals surface area contributed by atoms with Crippen LogP contribution in [-0.4, -0.2) is 0 Å². The summed E-state index contributed by atoms with van der Waals surface area (Å²) in [6, 6.07) is 0. The molecule has 68 valence electrons.